The van der Waals surface area contributed by atoms with Crippen LogP contribution in [-0.4, -0.2) is 0 Å². The molecule has 0 atom stereocenters. The fourth-order valence-electron chi connectivity index (χ4n) is 10.2. The second-order valence-electron chi connectivity index (χ2n) is 16.3. The van der Waals surface area contributed by atoms with Gasteiger partial charge in [0.15, 0.2) is 0 Å². The highest BCUT2D eigenvalue weighted by Gasteiger charge is 2.24. The first-order chi connectivity index (χ1) is 29.8. The summed E-state index contributed by atoms with van der Waals surface area (Å²) in [6.07, 6.45) is 4.14. The van der Waals surface area contributed by atoms with Gasteiger partial charge in [-0.15, -0.1) is 0 Å². The van der Waals surface area contributed by atoms with Crippen LogP contribution in [0.15, 0.2) is 206 Å². The molecule has 0 amide bonds. The summed E-state index contributed by atoms with van der Waals surface area (Å²) in [5.41, 5.74) is 17.9. The standard InChI is InChI=1S/C58H42N2/c1-9-21-54-41(13-1)25-26-42-14-2-10-22-55(42)59(54)46-33-29-39(30-34-46)52-37-45-38-53(49-18-6-8-20-51(49)58(45)50-19-7-5-17-48(50)52)40-31-35-47(36-32-40)60-56-23-11-3-15-43(56)27-28-44-16-4-12-24-57(44)60/h1-24,29-38H,25-28H2. The second kappa shape index (κ2) is 14.1. The molecule has 12 rings (SSSR count). The van der Waals surface area contributed by atoms with E-state index in [0.717, 1.165) is 25.7 Å². The quantitative estimate of drug-likeness (QED) is 0.165. The molecule has 0 unspecified atom stereocenters. The molecule has 0 N–H and O–H groups in total. The first-order valence-corrected chi connectivity index (χ1v) is 21.3. The maximum atomic E-state index is 2.45. The van der Waals surface area contributed by atoms with Crippen LogP contribution in [0.2, 0.25) is 0 Å². The topological polar surface area (TPSA) is 6.48 Å². The van der Waals surface area contributed by atoms with Gasteiger partial charge in [0.1, 0.15) is 0 Å². The molecule has 0 radical (unpaired) electrons. The Kier molecular flexibility index (Phi) is 8.16. The smallest absolute Gasteiger partial charge is 0.0493 e. The van der Waals surface area contributed by atoms with Gasteiger partial charge in [0.05, 0.1) is 0 Å². The van der Waals surface area contributed by atoms with Crippen LogP contribution in [0.3, 0.4) is 0 Å². The van der Waals surface area contributed by atoms with Gasteiger partial charge in [0, 0.05) is 34.1 Å². The van der Waals surface area contributed by atoms with Crippen molar-refractivity contribution >= 4 is 66.4 Å². The average Bonchev–Trinajstić information content (AvgIpc) is 3.59. The minimum Gasteiger partial charge on any atom is -0.310 e. The zero-order valence-corrected chi connectivity index (χ0v) is 33.4. The molecule has 60 heavy (non-hydrogen) atoms. The first kappa shape index (κ1) is 34.6. The van der Waals surface area contributed by atoms with Crippen LogP contribution < -0.4 is 9.80 Å². The Morgan fingerprint density at radius 2 is 0.583 bits per heavy atom. The summed E-state index contributed by atoms with van der Waals surface area (Å²) in [6, 6.07) is 76.8. The van der Waals surface area contributed by atoms with E-state index in [2.05, 4.69) is 216 Å². The third-order valence-electron chi connectivity index (χ3n) is 13.0. The Labute approximate surface area is 351 Å². The summed E-state index contributed by atoms with van der Waals surface area (Å²) in [5, 5.41) is 7.64. The third-order valence-corrected chi connectivity index (χ3v) is 13.0. The van der Waals surface area contributed by atoms with Crippen molar-refractivity contribution in [3.05, 3.63) is 229 Å². The Morgan fingerprint density at radius 1 is 0.283 bits per heavy atom. The summed E-state index contributed by atoms with van der Waals surface area (Å²) >= 11 is 0. The molecule has 0 bridgehead atoms. The van der Waals surface area contributed by atoms with Crippen LogP contribution in [0.1, 0.15) is 22.3 Å². The van der Waals surface area contributed by atoms with Gasteiger partial charge in [-0.2, -0.15) is 0 Å². The van der Waals surface area contributed by atoms with Crippen molar-refractivity contribution in [1.29, 1.82) is 0 Å². The molecule has 0 aliphatic carbocycles. The molecule has 0 saturated carbocycles. The molecule has 0 saturated heterocycles. The van der Waals surface area contributed by atoms with Gasteiger partial charge < -0.3 is 9.80 Å². The van der Waals surface area contributed by atoms with E-state index in [9.17, 15) is 0 Å². The zero-order valence-electron chi connectivity index (χ0n) is 33.4. The van der Waals surface area contributed by atoms with Crippen molar-refractivity contribution in [3.8, 4) is 22.3 Å². The molecule has 10 aromatic rings. The fraction of sp³-hybridized carbons (Fsp3) is 0.0690. The van der Waals surface area contributed by atoms with Crippen LogP contribution >= 0.6 is 0 Å². The van der Waals surface area contributed by atoms with Gasteiger partial charge in [-0.25, -0.2) is 0 Å². The molecule has 10 aromatic carbocycles. The summed E-state index contributed by atoms with van der Waals surface area (Å²) in [5.74, 6) is 0. The summed E-state index contributed by atoms with van der Waals surface area (Å²) < 4.78 is 0. The number of nitrogens with zero attached hydrogens (tertiary/aromatic N) is 2. The lowest BCUT2D eigenvalue weighted by atomic mass is 9.87. The van der Waals surface area contributed by atoms with E-state index < -0.39 is 0 Å². The first-order valence-electron chi connectivity index (χ1n) is 21.3. The molecule has 2 heterocycles. The van der Waals surface area contributed by atoms with Gasteiger partial charge in [-0.1, -0.05) is 146 Å². The molecule has 0 aromatic heterocycles. The van der Waals surface area contributed by atoms with Crippen LogP contribution in [0.5, 0.6) is 0 Å². The molecule has 284 valence electrons. The molecule has 0 spiro atoms. The maximum absolute atomic E-state index is 2.45. The highest BCUT2D eigenvalue weighted by atomic mass is 15.2. The summed E-state index contributed by atoms with van der Waals surface area (Å²) in [7, 11) is 0. The van der Waals surface area contributed by atoms with E-state index in [1.807, 2.05) is 0 Å². The van der Waals surface area contributed by atoms with Gasteiger partial charge in [0.2, 0.25) is 0 Å². The fourth-order valence-corrected chi connectivity index (χ4v) is 10.2. The number of fused-ring (bicyclic) bond motifs is 9. The van der Waals surface area contributed by atoms with E-state index in [1.54, 1.807) is 0 Å². The molecule has 0 fully saturated rings. The van der Waals surface area contributed by atoms with Gasteiger partial charge in [0.25, 0.3) is 0 Å². The second-order valence-corrected chi connectivity index (χ2v) is 16.3. The van der Waals surface area contributed by atoms with Crippen molar-refractivity contribution < 1.29 is 0 Å². The van der Waals surface area contributed by atoms with Crippen molar-refractivity contribution in [2.45, 2.75) is 25.7 Å². The highest BCUT2D eigenvalue weighted by molar-refractivity contribution is 6.25. The predicted molar refractivity (Wildman–Crippen MR) is 254 cm³/mol. The normalized spacial score (nSPS) is 13.3. The Morgan fingerprint density at radius 3 is 0.933 bits per heavy atom. The van der Waals surface area contributed by atoms with E-state index in [-0.39, 0.29) is 0 Å². The lowest BCUT2D eigenvalue weighted by Gasteiger charge is -2.27. The Hall–Kier alpha value is -7.42. The number of hydrogen-bond acceptors (Lipinski definition) is 2. The number of hydrogen-bond donors (Lipinski definition) is 0. The molecule has 2 aliphatic rings. The van der Waals surface area contributed by atoms with Crippen molar-refractivity contribution in [1.82, 2.24) is 0 Å². The lowest BCUT2D eigenvalue weighted by molar-refractivity contribution is 0.977. The minimum absolute atomic E-state index is 1.03. The van der Waals surface area contributed by atoms with Gasteiger partial charge >= 0.3 is 0 Å². The van der Waals surface area contributed by atoms with Crippen molar-refractivity contribution in [3.63, 3.8) is 0 Å². The van der Waals surface area contributed by atoms with Crippen LogP contribution in [0.25, 0.3) is 54.6 Å². The average molecular weight is 767 g/mol. The monoisotopic (exact) mass is 766 g/mol. The molecule has 2 heteroatoms. The predicted octanol–water partition coefficient (Wildman–Crippen LogP) is 15.6. The van der Waals surface area contributed by atoms with E-state index in [0.29, 0.717) is 0 Å². The number of rotatable bonds is 4. The molecular formula is C58H42N2. The maximum Gasteiger partial charge on any atom is 0.0493 e. The third kappa shape index (κ3) is 5.63. The lowest BCUT2D eigenvalue weighted by Crippen LogP contribution is -2.11. The highest BCUT2D eigenvalue weighted by Crippen LogP contribution is 2.46. The van der Waals surface area contributed by atoms with Gasteiger partial charge in [-0.3, -0.25) is 0 Å². The summed E-state index contributed by atoms with van der Waals surface area (Å²) in [4.78, 5) is 4.90. The largest absolute Gasteiger partial charge is 0.310 e. The van der Waals surface area contributed by atoms with Crippen LogP contribution in [-0.2, 0) is 25.7 Å². The van der Waals surface area contributed by atoms with E-state index in [1.165, 1.54) is 111 Å². The zero-order chi connectivity index (χ0) is 39.6. The van der Waals surface area contributed by atoms with Crippen molar-refractivity contribution in [2.75, 3.05) is 9.80 Å². The molecule has 2 aliphatic heterocycles. The summed E-state index contributed by atoms with van der Waals surface area (Å²) in [6.45, 7) is 0. The van der Waals surface area contributed by atoms with Crippen molar-refractivity contribution in [2.24, 2.45) is 0 Å². The van der Waals surface area contributed by atoms with Crippen LogP contribution in [0.4, 0.5) is 34.1 Å². The minimum atomic E-state index is 1.03. The Bertz CT molecular complexity index is 2960. The molecule has 2 nitrogen and oxygen atoms in total. The number of para-hydroxylation sites is 4. The van der Waals surface area contributed by atoms with E-state index >= 15 is 0 Å². The number of anilines is 6. The number of benzene rings is 10. The molecular weight excluding hydrogens is 725 g/mol. The SMILES string of the molecule is c1ccc2c(c1)CCc1ccccc1N2c1ccc(-c2cc3cc(-c4ccc(N5c6ccccc6CCc6ccccc65)cc4)c4ccccc4c3c3ccccc23)cc1. The van der Waals surface area contributed by atoms with Crippen LogP contribution in [0, 0.1) is 0 Å². The van der Waals surface area contributed by atoms with Gasteiger partial charge in [-0.05, 0) is 163 Å². The number of aryl methyl sites for hydroxylation is 4. The van der Waals surface area contributed by atoms with E-state index in [4.69, 9.17) is 0 Å². The Balaban J connectivity index is 0.988.